The highest BCUT2D eigenvalue weighted by molar-refractivity contribution is 5.76. The van der Waals surface area contributed by atoms with Crippen molar-refractivity contribution in [2.45, 2.75) is 44.5 Å². The van der Waals surface area contributed by atoms with Gasteiger partial charge >= 0.3 is 12.1 Å². The predicted octanol–water partition coefficient (Wildman–Crippen LogP) is 3.65. The van der Waals surface area contributed by atoms with E-state index in [1.165, 1.54) is 22.9 Å². The summed E-state index contributed by atoms with van der Waals surface area (Å²) < 4.78 is 55.3. The monoisotopic (exact) mass is 559 g/mol. The maximum atomic E-state index is 14.4. The maximum absolute atomic E-state index is 14.4. The lowest BCUT2D eigenvalue weighted by molar-refractivity contribution is -0.198. The van der Waals surface area contributed by atoms with Crippen molar-refractivity contribution in [1.29, 1.82) is 0 Å². The summed E-state index contributed by atoms with van der Waals surface area (Å²) >= 11 is 0. The van der Waals surface area contributed by atoms with E-state index in [0.29, 0.717) is 49.7 Å². The van der Waals surface area contributed by atoms with E-state index in [-0.39, 0.29) is 34.8 Å². The number of piperidine rings is 1. The average Bonchev–Trinajstić information content (AvgIpc) is 3.53. The van der Waals surface area contributed by atoms with E-state index >= 15 is 0 Å². The minimum atomic E-state index is -4.74. The number of hydrogen-bond donors (Lipinski definition) is 2. The molecule has 0 radical (unpaired) electrons. The van der Waals surface area contributed by atoms with Crippen molar-refractivity contribution in [3.8, 4) is 17.1 Å². The first-order valence-electron chi connectivity index (χ1n) is 13.2. The number of aromatic nitrogens is 4. The summed E-state index contributed by atoms with van der Waals surface area (Å²) in [6.07, 6.45) is -3.15. The Morgan fingerprint density at radius 3 is 2.65 bits per heavy atom. The zero-order chi connectivity index (χ0) is 28.5. The van der Waals surface area contributed by atoms with Gasteiger partial charge in [0.05, 0.1) is 12.3 Å². The van der Waals surface area contributed by atoms with Crippen molar-refractivity contribution < 1.29 is 27.4 Å². The lowest BCUT2D eigenvalue weighted by Gasteiger charge is -2.39. The Morgan fingerprint density at radius 1 is 1.23 bits per heavy atom. The number of anilines is 2. The fourth-order valence-electron chi connectivity index (χ4n) is 5.52. The Morgan fingerprint density at radius 2 is 1.98 bits per heavy atom. The van der Waals surface area contributed by atoms with Crippen molar-refractivity contribution in [2.24, 2.45) is 12.5 Å². The standard InChI is InChI=1S/C27H32F3N7O3/c1-3-39-24(38)20-15-26(16-32-20)9-12-37(13-10-26)21-14-22(34-25(31)33-21)40-23(27(28,29)30)18-7-5-4-6-17(18)19-8-11-36(2)35-19/h4-8,11,14,20,23,32H,3,9-10,12-13,15-16H2,1-2H3,(H2,31,33,34)/t20?,23-/m1/s1. The van der Waals surface area contributed by atoms with Gasteiger partial charge in [-0.05, 0) is 37.7 Å². The molecule has 0 bridgehead atoms. The van der Waals surface area contributed by atoms with E-state index in [4.69, 9.17) is 15.2 Å². The zero-order valence-electron chi connectivity index (χ0n) is 22.3. The van der Waals surface area contributed by atoms with Gasteiger partial charge in [0, 0.05) is 50.1 Å². The van der Waals surface area contributed by atoms with Gasteiger partial charge < -0.3 is 25.4 Å². The van der Waals surface area contributed by atoms with E-state index in [1.54, 1.807) is 38.4 Å². The van der Waals surface area contributed by atoms with Crippen molar-refractivity contribution in [1.82, 2.24) is 25.1 Å². The number of ether oxygens (including phenoxy) is 2. The lowest BCUT2D eigenvalue weighted by atomic mass is 9.76. The summed E-state index contributed by atoms with van der Waals surface area (Å²) in [6.45, 7) is 4.01. The van der Waals surface area contributed by atoms with Gasteiger partial charge in [-0.1, -0.05) is 24.3 Å². The molecule has 13 heteroatoms. The maximum Gasteiger partial charge on any atom is 0.429 e. The number of benzene rings is 1. The minimum absolute atomic E-state index is 0.0532. The minimum Gasteiger partial charge on any atom is -0.465 e. The van der Waals surface area contributed by atoms with Gasteiger partial charge in [-0.3, -0.25) is 9.48 Å². The second-order valence-corrected chi connectivity index (χ2v) is 10.3. The van der Waals surface area contributed by atoms with Crippen LogP contribution in [-0.4, -0.2) is 64.2 Å². The molecule has 2 saturated heterocycles. The smallest absolute Gasteiger partial charge is 0.429 e. The molecule has 0 aliphatic carbocycles. The fraction of sp³-hybridized carbons (Fsp3) is 0.481. The highest BCUT2D eigenvalue weighted by Gasteiger charge is 2.46. The number of nitrogens with two attached hydrogens (primary N) is 1. The number of halogens is 3. The van der Waals surface area contributed by atoms with Crippen LogP contribution in [0.1, 0.15) is 37.9 Å². The van der Waals surface area contributed by atoms with Gasteiger partial charge in [0.2, 0.25) is 17.9 Å². The molecule has 3 N–H and O–H groups in total. The van der Waals surface area contributed by atoms with Crippen LogP contribution < -0.4 is 20.7 Å². The Hall–Kier alpha value is -3.87. The second-order valence-electron chi connectivity index (χ2n) is 10.3. The average molecular weight is 560 g/mol. The molecular weight excluding hydrogens is 527 g/mol. The molecule has 2 aliphatic rings. The van der Waals surface area contributed by atoms with Crippen LogP contribution in [-0.2, 0) is 16.6 Å². The van der Waals surface area contributed by atoms with Crippen molar-refractivity contribution in [3.63, 3.8) is 0 Å². The lowest BCUT2D eigenvalue weighted by Crippen LogP contribution is -2.41. The molecule has 1 spiro atoms. The highest BCUT2D eigenvalue weighted by atomic mass is 19.4. The largest absolute Gasteiger partial charge is 0.465 e. The Balaban J connectivity index is 1.34. The number of alkyl halides is 3. The summed E-state index contributed by atoms with van der Waals surface area (Å²) in [5.41, 5.74) is 6.49. The number of aryl methyl sites for hydroxylation is 1. The Bertz CT molecular complexity index is 1360. The number of nitrogens with one attached hydrogen (secondary N) is 1. The third-order valence-corrected chi connectivity index (χ3v) is 7.55. The van der Waals surface area contributed by atoms with Gasteiger partial charge in [-0.2, -0.15) is 28.2 Å². The summed E-state index contributed by atoms with van der Waals surface area (Å²) in [4.78, 5) is 22.4. The van der Waals surface area contributed by atoms with E-state index in [2.05, 4.69) is 20.4 Å². The molecule has 10 nitrogen and oxygen atoms in total. The third-order valence-electron chi connectivity index (χ3n) is 7.55. The number of carbonyl (C=O) groups excluding carboxylic acids is 1. The van der Waals surface area contributed by atoms with Crippen LogP contribution >= 0.6 is 0 Å². The predicted molar refractivity (Wildman–Crippen MR) is 141 cm³/mol. The number of esters is 1. The molecule has 1 aromatic carbocycles. The first-order chi connectivity index (χ1) is 19.1. The van der Waals surface area contributed by atoms with Crippen molar-refractivity contribution in [3.05, 3.63) is 48.2 Å². The first-order valence-corrected chi connectivity index (χ1v) is 13.2. The van der Waals surface area contributed by atoms with E-state index < -0.39 is 12.3 Å². The summed E-state index contributed by atoms with van der Waals surface area (Å²) in [5, 5.41) is 7.54. The van der Waals surface area contributed by atoms with Gasteiger partial charge in [-0.25, -0.2) is 0 Å². The number of carbonyl (C=O) groups is 1. The molecular formula is C27H32F3N7O3. The normalized spacial score (nSPS) is 19.5. The number of nitrogens with zero attached hydrogens (tertiary/aromatic N) is 5. The molecule has 4 heterocycles. The summed E-state index contributed by atoms with van der Waals surface area (Å²) in [7, 11) is 1.69. The van der Waals surface area contributed by atoms with Crippen LogP contribution in [0.25, 0.3) is 11.3 Å². The summed E-state index contributed by atoms with van der Waals surface area (Å²) in [6, 6.07) is 8.84. The Kier molecular flexibility index (Phi) is 7.58. The molecule has 2 fully saturated rings. The molecule has 2 aromatic heterocycles. The zero-order valence-corrected chi connectivity index (χ0v) is 22.3. The topological polar surface area (TPSA) is 120 Å². The molecule has 3 aromatic rings. The molecule has 1 unspecified atom stereocenters. The van der Waals surface area contributed by atoms with Crippen LogP contribution in [0.15, 0.2) is 42.6 Å². The summed E-state index contributed by atoms with van der Waals surface area (Å²) in [5.74, 6) is -0.303. The van der Waals surface area contributed by atoms with Gasteiger partial charge in [0.15, 0.2) is 0 Å². The van der Waals surface area contributed by atoms with Crippen molar-refractivity contribution >= 4 is 17.7 Å². The number of rotatable bonds is 7. The van der Waals surface area contributed by atoms with E-state index in [0.717, 1.165) is 12.8 Å². The van der Waals surface area contributed by atoms with Crippen LogP contribution in [0, 0.1) is 5.41 Å². The number of hydrogen-bond acceptors (Lipinski definition) is 9. The van der Waals surface area contributed by atoms with Crippen LogP contribution in [0.4, 0.5) is 24.9 Å². The van der Waals surface area contributed by atoms with Crippen LogP contribution in [0.2, 0.25) is 0 Å². The third kappa shape index (κ3) is 5.83. The second kappa shape index (κ2) is 11.0. The van der Waals surface area contributed by atoms with Gasteiger partial charge in [0.25, 0.3) is 0 Å². The molecule has 0 amide bonds. The molecule has 214 valence electrons. The molecule has 40 heavy (non-hydrogen) atoms. The quantitative estimate of drug-likeness (QED) is 0.418. The molecule has 5 rings (SSSR count). The van der Waals surface area contributed by atoms with E-state index in [1.807, 2.05) is 4.90 Å². The molecule has 2 atom stereocenters. The SMILES string of the molecule is CCOC(=O)C1CC2(CCN(c3cc(O[C@H](c4ccccc4-c4ccn(C)n4)C(F)(F)F)nc(N)n3)CC2)CN1. The van der Waals surface area contributed by atoms with Crippen LogP contribution in [0.5, 0.6) is 5.88 Å². The molecule has 2 aliphatic heterocycles. The number of nitrogen functional groups attached to an aromatic ring is 1. The van der Waals surface area contributed by atoms with Crippen molar-refractivity contribution in [2.75, 3.05) is 36.9 Å². The molecule has 0 saturated carbocycles. The van der Waals surface area contributed by atoms with Gasteiger partial charge in [0.1, 0.15) is 11.9 Å². The first kappa shape index (κ1) is 27.7. The fourth-order valence-corrected chi connectivity index (χ4v) is 5.52. The van der Waals surface area contributed by atoms with Crippen LogP contribution in [0.3, 0.4) is 0 Å². The van der Waals surface area contributed by atoms with Gasteiger partial charge in [-0.15, -0.1) is 0 Å². The highest BCUT2D eigenvalue weighted by Crippen LogP contribution is 2.42. The van der Waals surface area contributed by atoms with E-state index in [9.17, 15) is 18.0 Å². The Labute approximate surface area is 229 Å².